The van der Waals surface area contributed by atoms with Gasteiger partial charge in [0.1, 0.15) is 0 Å². The molecule has 3 rings (SSSR count). The lowest BCUT2D eigenvalue weighted by atomic mass is 9.78. The monoisotopic (exact) mass is 393 g/mol. The Morgan fingerprint density at radius 1 is 1.30 bits per heavy atom. The molecule has 148 valence electrons. The second-order valence-electron chi connectivity index (χ2n) is 7.91. The highest BCUT2D eigenvalue weighted by molar-refractivity contribution is 7.89. The van der Waals surface area contributed by atoms with Crippen LogP contribution in [0.4, 0.5) is 0 Å². The molecule has 27 heavy (non-hydrogen) atoms. The Morgan fingerprint density at radius 2 is 2.00 bits per heavy atom. The van der Waals surface area contributed by atoms with E-state index in [1.807, 2.05) is 6.92 Å². The van der Waals surface area contributed by atoms with E-state index >= 15 is 0 Å². The quantitative estimate of drug-likeness (QED) is 0.810. The number of hydrogen-bond donors (Lipinski definition) is 2. The summed E-state index contributed by atoms with van der Waals surface area (Å²) in [5.41, 5.74) is 0.0565. The molecule has 2 fully saturated rings. The molecule has 1 aliphatic heterocycles. The summed E-state index contributed by atoms with van der Waals surface area (Å²) in [5, 5.41) is 5.69. The van der Waals surface area contributed by atoms with E-state index in [9.17, 15) is 18.0 Å². The number of carbonyl (C=O) groups excluding carboxylic acids is 2. The van der Waals surface area contributed by atoms with E-state index in [2.05, 4.69) is 17.6 Å². The van der Waals surface area contributed by atoms with Gasteiger partial charge in [-0.1, -0.05) is 13.0 Å². The van der Waals surface area contributed by atoms with Gasteiger partial charge >= 0.3 is 0 Å². The summed E-state index contributed by atoms with van der Waals surface area (Å²) in [7, 11) is -3.81. The minimum Gasteiger partial charge on any atom is -0.354 e. The summed E-state index contributed by atoms with van der Waals surface area (Å²) in [6.07, 6.45) is 3.98. The van der Waals surface area contributed by atoms with E-state index in [1.54, 1.807) is 12.1 Å². The number of rotatable bonds is 4. The number of amides is 2. The molecular formula is C19H27N3O4S. The fourth-order valence-corrected chi connectivity index (χ4v) is 5.08. The molecule has 1 aliphatic carbocycles. The first-order valence-electron chi connectivity index (χ1n) is 9.39. The maximum Gasteiger partial charge on any atom is 0.251 e. The van der Waals surface area contributed by atoms with Crippen LogP contribution in [0.1, 0.15) is 49.9 Å². The second-order valence-corrected chi connectivity index (χ2v) is 9.85. The van der Waals surface area contributed by atoms with Crippen molar-refractivity contribution in [2.45, 2.75) is 50.0 Å². The van der Waals surface area contributed by atoms with Crippen LogP contribution < -0.4 is 10.6 Å². The zero-order valence-corrected chi connectivity index (χ0v) is 16.6. The topological polar surface area (TPSA) is 95.6 Å². The third-order valence-electron chi connectivity index (χ3n) is 5.53. The first-order chi connectivity index (χ1) is 12.7. The van der Waals surface area contributed by atoms with E-state index in [0.717, 1.165) is 30.0 Å². The number of piperazine rings is 1. The summed E-state index contributed by atoms with van der Waals surface area (Å²) < 4.78 is 26.8. The van der Waals surface area contributed by atoms with Gasteiger partial charge in [-0.25, -0.2) is 8.42 Å². The molecule has 1 aromatic carbocycles. The minimum absolute atomic E-state index is 0.0345. The Balaban J connectivity index is 1.76. The Kier molecular flexibility index (Phi) is 5.58. The van der Waals surface area contributed by atoms with E-state index in [1.165, 1.54) is 12.1 Å². The summed E-state index contributed by atoms with van der Waals surface area (Å²) in [6.45, 7) is 4.57. The molecule has 2 aliphatic rings. The Labute approximate surface area is 160 Å². The largest absolute Gasteiger partial charge is 0.354 e. The highest BCUT2D eigenvalue weighted by atomic mass is 32.2. The van der Waals surface area contributed by atoms with Gasteiger partial charge in [-0.15, -0.1) is 0 Å². The van der Waals surface area contributed by atoms with Crippen LogP contribution in [0.25, 0.3) is 0 Å². The van der Waals surface area contributed by atoms with Gasteiger partial charge in [0.15, 0.2) is 0 Å². The van der Waals surface area contributed by atoms with Crippen molar-refractivity contribution >= 4 is 21.8 Å². The van der Waals surface area contributed by atoms with Gasteiger partial charge in [-0.2, -0.15) is 4.31 Å². The van der Waals surface area contributed by atoms with Gasteiger partial charge < -0.3 is 10.6 Å². The SMILES string of the molecule is CC1CCC(C)(NC(=O)c2cccc(S(=O)(=O)N3CCNC(=O)C3)c2)CC1. The normalized spacial score (nSPS) is 27.0. The summed E-state index contributed by atoms with van der Waals surface area (Å²) in [6, 6.07) is 6.04. The fourth-order valence-electron chi connectivity index (χ4n) is 3.64. The zero-order valence-electron chi connectivity index (χ0n) is 15.8. The van der Waals surface area contributed by atoms with Crippen LogP contribution in [0.2, 0.25) is 0 Å². The molecule has 1 heterocycles. The molecule has 2 N–H and O–H groups in total. The molecule has 0 atom stereocenters. The Hall–Kier alpha value is -1.93. The zero-order chi connectivity index (χ0) is 19.7. The molecule has 2 amide bonds. The van der Waals surface area contributed by atoms with Gasteiger partial charge in [-0.05, 0) is 56.7 Å². The van der Waals surface area contributed by atoms with Gasteiger partial charge in [0.25, 0.3) is 5.91 Å². The smallest absolute Gasteiger partial charge is 0.251 e. The van der Waals surface area contributed by atoms with E-state index in [4.69, 9.17) is 0 Å². The van der Waals surface area contributed by atoms with E-state index in [-0.39, 0.29) is 41.9 Å². The lowest BCUT2D eigenvalue weighted by Crippen LogP contribution is -2.50. The standard InChI is InChI=1S/C19H27N3O4S/c1-14-6-8-19(2,9-7-14)21-18(24)15-4-3-5-16(12-15)27(25,26)22-11-10-20-17(23)13-22/h3-5,12,14H,6-11,13H2,1-2H3,(H,20,23)(H,21,24). The lowest BCUT2D eigenvalue weighted by Gasteiger charge is -2.37. The third-order valence-corrected chi connectivity index (χ3v) is 7.37. The molecular weight excluding hydrogens is 366 g/mol. The average molecular weight is 394 g/mol. The molecule has 8 heteroatoms. The second kappa shape index (κ2) is 7.59. The maximum atomic E-state index is 12.8. The maximum absolute atomic E-state index is 12.8. The van der Waals surface area contributed by atoms with Crippen molar-refractivity contribution in [2.24, 2.45) is 5.92 Å². The molecule has 0 spiro atoms. The van der Waals surface area contributed by atoms with Crippen LogP contribution >= 0.6 is 0 Å². The summed E-state index contributed by atoms with van der Waals surface area (Å²) >= 11 is 0. The molecule has 0 bridgehead atoms. The van der Waals surface area contributed by atoms with Crippen molar-refractivity contribution in [1.29, 1.82) is 0 Å². The van der Waals surface area contributed by atoms with Crippen LogP contribution in [-0.2, 0) is 14.8 Å². The molecule has 7 nitrogen and oxygen atoms in total. The number of carbonyl (C=O) groups is 2. The van der Waals surface area contributed by atoms with Gasteiger partial charge in [0, 0.05) is 24.2 Å². The number of nitrogens with zero attached hydrogens (tertiary/aromatic N) is 1. The predicted octanol–water partition coefficient (Wildman–Crippen LogP) is 1.51. The summed E-state index contributed by atoms with van der Waals surface area (Å²) in [5.74, 6) is 0.0869. The van der Waals surface area contributed by atoms with Crippen LogP contribution in [-0.4, -0.2) is 49.7 Å². The third kappa shape index (κ3) is 4.50. The number of hydrogen-bond acceptors (Lipinski definition) is 4. The first kappa shape index (κ1) is 19.8. The molecule has 0 unspecified atom stereocenters. The van der Waals surface area contributed by atoms with Gasteiger partial charge in [0.2, 0.25) is 15.9 Å². The molecule has 0 radical (unpaired) electrons. The van der Waals surface area contributed by atoms with Crippen molar-refractivity contribution in [2.75, 3.05) is 19.6 Å². The van der Waals surface area contributed by atoms with Crippen molar-refractivity contribution < 1.29 is 18.0 Å². The van der Waals surface area contributed by atoms with Crippen LogP contribution in [0, 0.1) is 5.92 Å². The predicted molar refractivity (Wildman–Crippen MR) is 102 cm³/mol. The van der Waals surface area contributed by atoms with Gasteiger partial charge in [-0.3, -0.25) is 9.59 Å². The van der Waals surface area contributed by atoms with Crippen LogP contribution in [0.3, 0.4) is 0 Å². The Bertz CT molecular complexity index is 829. The van der Waals surface area contributed by atoms with Crippen molar-refractivity contribution in [1.82, 2.24) is 14.9 Å². The van der Waals surface area contributed by atoms with Gasteiger partial charge in [0.05, 0.1) is 11.4 Å². The molecule has 1 saturated carbocycles. The first-order valence-corrected chi connectivity index (χ1v) is 10.8. The van der Waals surface area contributed by atoms with Crippen LogP contribution in [0.15, 0.2) is 29.2 Å². The molecule has 0 aromatic heterocycles. The van der Waals surface area contributed by atoms with E-state index in [0.29, 0.717) is 11.5 Å². The Morgan fingerprint density at radius 3 is 2.67 bits per heavy atom. The van der Waals surface area contributed by atoms with Crippen molar-refractivity contribution in [3.05, 3.63) is 29.8 Å². The average Bonchev–Trinajstić information content (AvgIpc) is 2.64. The van der Waals surface area contributed by atoms with E-state index < -0.39 is 10.0 Å². The lowest BCUT2D eigenvalue weighted by molar-refractivity contribution is -0.122. The number of benzene rings is 1. The summed E-state index contributed by atoms with van der Waals surface area (Å²) in [4.78, 5) is 24.3. The minimum atomic E-state index is -3.81. The fraction of sp³-hybridized carbons (Fsp3) is 0.579. The highest BCUT2D eigenvalue weighted by Crippen LogP contribution is 2.31. The number of sulfonamides is 1. The highest BCUT2D eigenvalue weighted by Gasteiger charge is 2.32. The van der Waals surface area contributed by atoms with Crippen molar-refractivity contribution in [3.8, 4) is 0 Å². The molecule has 1 aromatic rings. The molecule has 1 saturated heterocycles. The van der Waals surface area contributed by atoms with Crippen LogP contribution in [0.5, 0.6) is 0 Å². The van der Waals surface area contributed by atoms with Crippen molar-refractivity contribution in [3.63, 3.8) is 0 Å². The number of nitrogens with one attached hydrogen (secondary N) is 2.